The Labute approximate surface area is 132 Å². The molecule has 2 aliphatic rings. The second-order valence-corrected chi connectivity index (χ2v) is 6.38. The van der Waals surface area contributed by atoms with E-state index >= 15 is 0 Å². The quantitative estimate of drug-likeness (QED) is 0.874. The summed E-state index contributed by atoms with van der Waals surface area (Å²) < 4.78 is 5.38. The highest BCUT2D eigenvalue weighted by Gasteiger charge is 2.30. The number of hydrogen-bond acceptors (Lipinski definition) is 3. The Morgan fingerprint density at radius 3 is 2.68 bits per heavy atom. The number of likely N-dealkylation sites (tertiary alicyclic amines) is 1. The molecule has 2 saturated heterocycles. The van der Waals surface area contributed by atoms with Gasteiger partial charge in [0.1, 0.15) is 0 Å². The number of benzene rings is 1. The van der Waals surface area contributed by atoms with Crippen LogP contribution in [0.2, 0.25) is 0 Å². The first kappa shape index (κ1) is 15.5. The van der Waals surface area contributed by atoms with E-state index in [1.807, 2.05) is 11.0 Å². The van der Waals surface area contributed by atoms with Crippen molar-refractivity contribution in [3.63, 3.8) is 0 Å². The highest BCUT2D eigenvalue weighted by molar-refractivity contribution is 5.79. The maximum absolute atomic E-state index is 12.1. The maximum Gasteiger partial charge on any atom is 0.224 e. The molecule has 4 heteroatoms. The van der Waals surface area contributed by atoms with Crippen LogP contribution in [0.25, 0.3) is 0 Å². The smallest absolute Gasteiger partial charge is 0.224 e. The molecule has 1 aromatic carbocycles. The van der Waals surface area contributed by atoms with Crippen molar-refractivity contribution in [1.82, 2.24) is 10.2 Å². The predicted molar refractivity (Wildman–Crippen MR) is 86.7 cm³/mol. The van der Waals surface area contributed by atoms with Crippen LogP contribution in [0.15, 0.2) is 30.3 Å². The Bertz CT molecular complexity index is 471. The van der Waals surface area contributed by atoms with Gasteiger partial charge in [-0.05, 0) is 31.2 Å². The molecule has 1 N–H and O–H groups in total. The van der Waals surface area contributed by atoms with Crippen LogP contribution in [0, 0.1) is 0 Å². The lowest BCUT2D eigenvalue weighted by Crippen LogP contribution is -2.43. The first-order valence-electron chi connectivity index (χ1n) is 8.47. The molecular formula is C18H26N2O2. The molecule has 1 atom stereocenters. The molecule has 2 fully saturated rings. The normalized spacial score (nSPS) is 23.2. The van der Waals surface area contributed by atoms with Gasteiger partial charge in [-0.2, -0.15) is 0 Å². The van der Waals surface area contributed by atoms with E-state index in [0.29, 0.717) is 24.4 Å². The second-order valence-electron chi connectivity index (χ2n) is 6.38. The Hall–Kier alpha value is -1.39. The summed E-state index contributed by atoms with van der Waals surface area (Å²) in [5.74, 6) is 0.303. The number of rotatable bonds is 6. The van der Waals surface area contributed by atoms with Crippen LogP contribution in [0.1, 0.15) is 31.2 Å². The summed E-state index contributed by atoms with van der Waals surface area (Å²) in [4.78, 5) is 14.2. The lowest BCUT2D eigenvalue weighted by molar-refractivity contribution is -0.127. The van der Waals surface area contributed by atoms with Gasteiger partial charge in [0.25, 0.3) is 0 Å². The molecule has 0 unspecified atom stereocenters. The van der Waals surface area contributed by atoms with Crippen molar-refractivity contribution in [3.05, 3.63) is 35.9 Å². The topological polar surface area (TPSA) is 41.6 Å². The van der Waals surface area contributed by atoms with Crippen LogP contribution >= 0.6 is 0 Å². The number of nitrogens with one attached hydrogen (secondary N) is 1. The first-order chi connectivity index (χ1) is 10.8. The summed E-state index contributed by atoms with van der Waals surface area (Å²) in [5, 5.41) is 3.64. The van der Waals surface area contributed by atoms with E-state index in [1.165, 1.54) is 5.56 Å². The average molecular weight is 302 g/mol. The summed E-state index contributed by atoms with van der Waals surface area (Å²) in [7, 11) is 0. The Balaban J connectivity index is 1.40. The van der Waals surface area contributed by atoms with Gasteiger partial charge in [0.2, 0.25) is 5.91 Å². The molecule has 0 bridgehead atoms. The third-order valence-corrected chi connectivity index (χ3v) is 4.64. The molecule has 4 nitrogen and oxygen atoms in total. The maximum atomic E-state index is 12.1. The average Bonchev–Trinajstić information content (AvgIpc) is 2.89. The third-order valence-electron chi connectivity index (χ3n) is 4.64. The number of carbonyl (C=O) groups is 1. The van der Waals surface area contributed by atoms with Crippen LogP contribution in [0.4, 0.5) is 0 Å². The minimum atomic E-state index is 0.303. The van der Waals surface area contributed by atoms with Gasteiger partial charge < -0.3 is 15.0 Å². The summed E-state index contributed by atoms with van der Waals surface area (Å²) in [6.45, 7) is 3.43. The van der Waals surface area contributed by atoms with Gasteiger partial charge in [0.15, 0.2) is 0 Å². The number of aryl methyl sites for hydroxylation is 1. The highest BCUT2D eigenvalue weighted by atomic mass is 16.5. The number of carbonyl (C=O) groups excluding carboxylic acids is 1. The first-order valence-corrected chi connectivity index (χ1v) is 8.47. The third kappa shape index (κ3) is 4.31. The van der Waals surface area contributed by atoms with Crippen LogP contribution in [0.3, 0.4) is 0 Å². The monoisotopic (exact) mass is 302 g/mol. The van der Waals surface area contributed by atoms with Crippen LogP contribution in [-0.2, 0) is 16.0 Å². The molecule has 2 aliphatic heterocycles. The fourth-order valence-electron chi connectivity index (χ4n) is 3.42. The van der Waals surface area contributed by atoms with E-state index in [2.05, 4.69) is 29.6 Å². The predicted octanol–water partition coefficient (Wildman–Crippen LogP) is 1.99. The molecule has 22 heavy (non-hydrogen) atoms. The summed E-state index contributed by atoms with van der Waals surface area (Å²) in [5.41, 5.74) is 1.35. The Kier molecular flexibility index (Phi) is 5.46. The molecule has 1 aromatic rings. The molecule has 0 aliphatic carbocycles. The molecule has 0 radical (unpaired) electrons. The lowest BCUT2D eigenvalue weighted by Gasteiger charge is -2.26. The van der Waals surface area contributed by atoms with Crippen molar-refractivity contribution in [2.45, 2.75) is 44.2 Å². The van der Waals surface area contributed by atoms with E-state index in [1.54, 1.807) is 0 Å². The van der Waals surface area contributed by atoms with Crippen molar-refractivity contribution in [3.8, 4) is 0 Å². The molecule has 1 amide bonds. The van der Waals surface area contributed by atoms with Crippen molar-refractivity contribution < 1.29 is 9.53 Å². The van der Waals surface area contributed by atoms with Gasteiger partial charge in [0.05, 0.1) is 0 Å². The van der Waals surface area contributed by atoms with Gasteiger partial charge >= 0.3 is 0 Å². The SMILES string of the molecule is O=C1C[C@@H](NC2CCOCC2)CN1CCCc1ccccc1. The second kappa shape index (κ2) is 7.75. The van der Waals surface area contributed by atoms with E-state index in [0.717, 1.165) is 52.0 Å². The fourth-order valence-corrected chi connectivity index (χ4v) is 3.42. The molecule has 2 heterocycles. The number of ether oxygens (including phenoxy) is 1. The zero-order valence-electron chi connectivity index (χ0n) is 13.2. The lowest BCUT2D eigenvalue weighted by atomic mass is 10.1. The zero-order chi connectivity index (χ0) is 15.2. The summed E-state index contributed by atoms with van der Waals surface area (Å²) >= 11 is 0. The molecule has 120 valence electrons. The minimum absolute atomic E-state index is 0.303. The van der Waals surface area contributed by atoms with Crippen molar-refractivity contribution in [2.75, 3.05) is 26.3 Å². The largest absolute Gasteiger partial charge is 0.381 e. The van der Waals surface area contributed by atoms with Gasteiger partial charge in [-0.15, -0.1) is 0 Å². The Morgan fingerprint density at radius 2 is 1.91 bits per heavy atom. The van der Waals surface area contributed by atoms with Crippen LogP contribution in [0.5, 0.6) is 0 Å². The molecule has 0 aromatic heterocycles. The summed E-state index contributed by atoms with van der Waals surface area (Å²) in [6.07, 6.45) is 4.88. The van der Waals surface area contributed by atoms with Crippen LogP contribution < -0.4 is 5.32 Å². The van der Waals surface area contributed by atoms with E-state index in [4.69, 9.17) is 4.74 Å². The van der Waals surface area contributed by atoms with Crippen molar-refractivity contribution in [2.24, 2.45) is 0 Å². The van der Waals surface area contributed by atoms with Crippen molar-refractivity contribution in [1.29, 1.82) is 0 Å². The zero-order valence-corrected chi connectivity index (χ0v) is 13.2. The van der Waals surface area contributed by atoms with E-state index in [9.17, 15) is 4.79 Å². The minimum Gasteiger partial charge on any atom is -0.381 e. The number of hydrogen-bond donors (Lipinski definition) is 1. The standard InChI is InChI=1S/C18H26N2O2/c21-18-13-17(19-16-8-11-22-12-9-16)14-20(18)10-4-7-15-5-2-1-3-6-15/h1-3,5-6,16-17,19H,4,7-14H2/t17-/m1/s1. The van der Waals surface area contributed by atoms with Crippen molar-refractivity contribution >= 4 is 5.91 Å². The van der Waals surface area contributed by atoms with Crippen LogP contribution in [-0.4, -0.2) is 49.2 Å². The number of amides is 1. The van der Waals surface area contributed by atoms with Gasteiger partial charge in [-0.3, -0.25) is 4.79 Å². The summed E-state index contributed by atoms with van der Waals surface area (Å²) in [6, 6.07) is 11.3. The van der Waals surface area contributed by atoms with Gasteiger partial charge in [0, 0.05) is 44.8 Å². The van der Waals surface area contributed by atoms with E-state index in [-0.39, 0.29) is 0 Å². The number of nitrogens with zero attached hydrogens (tertiary/aromatic N) is 1. The molecule has 0 saturated carbocycles. The Morgan fingerprint density at radius 1 is 1.14 bits per heavy atom. The van der Waals surface area contributed by atoms with Gasteiger partial charge in [-0.1, -0.05) is 30.3 Å². The molecular weight excluding hydrogens is 276 g/mol. The fraction of sp³-hybridized carbons (Fsp3) is 0.611. The molecule has 0 spiro atoms. The van der Waals surface area contributed by atoms with E-state index < -0.39 is 0 Å². The van der Waals surface area contributed by atoms with Gasteiger partial charge in [-0.25, -0.2) is 0 Å². The highest BCUT2D eigenvalue weighted by Crippen LogP contribution is 2.16. The molecule has 3 rings (SSSR count).